The molecule has 2 heterocycles. The van der Waals surface area contributed by atoms with Crippen LogP contribution in [0.4, 0.5) is 0 Å². The molecule has 1 aliphatic carbocycles. The number of aromatic nitrogens is 1. The van der Waals surface area contributed by atoms with Gasteiger partial charge < -0.3 is 10.1 Å². The zero-order chi connectivity index (χ0) is 24.7. The van der Waals surface area contributed by atoms with Crippen molar-refractivity contribution >= 4 is 37.3 Å². The first-order valence-electron chi connectivity index (χ1n) is 11.7. The first-order valence-corrected chi connectivity index (χ1v) is 12.5. The first-order chi connectivity index (χ1) is 16.0. The fraction of sp³-hybridized carbons (Fsp3) is 0.333. The van der Waals surface area contributed by atoms with Crippen molar-refractivity contribution in [1.82, 2.24) is 4.98 Å². The number of benzene rings is 2. The van der Waals surface area contributed by atoms with Gasteiger partial charge >= 0.3 is 0 Å². The Morgan fingerprint density at radius 2 is 1.77 bits per heavy atom. The van der Waals surface area contributed by atoms with Crippen LogP contribution in [0.2, 0.25) is 0 Å². The molecule has 1 N–H and O–H groups in total. The van der Waals surface area contributed by atoms with Crippen molar-refractivity contribution in [1.29, 1.82) is 0 Å². The van der Waals surface area contributed by atoms with Crippen LogP contribution in [-0.2, 0) is 37.7 Å². The average molecular weight is 663 g/mol. The summed E-state index contributed by atoms with van der Waals surface area (Å²) in [7, 11) is 0. The quantitative estimate of drug-likeness (QED) is 0.134. The molecule has 0 amide bonds. The van der Waals surface area contributed by atoms with Crippen LogP contribution < -0.4 is 0 Å². The molecule has 0 saturated carbocycles. The van der Waals surface area contributed by atoms with Crippen molar-refractivity contribution in [2.75, 3.05) is 0 Å². The summed E-state index contributed by atoms with van der Waals surface area (Å²) in [5.74, 6) is -0.0625. The van der Waals surface area contributed by atoms with E-state index in [1.807, 2.05) is 29.7 Å². The van der Waals surface area contributed by atoms with Crippen LogP contribution in [-0.4, -0.2) is 15.9 Å². The van der Waals surface area contributed by atoms with Crippen LogP contribution in [0, 0.1) is 16.9 Å². The van der Waals surface area contributed by atoms with E-state index in [2.05, 4.69) is 64.1 Å². The van der Waals surface area contributed by atoms with Crippen molar-refractivity contribution in [2.45, 2.75) is 54.4 Å². The molecule has 0 saturated heterocycles. The second kappa shape index (κ2) is 10.3. The molecule has 5 rings (SSSR count). The summed E-state index contributed by atoms with van der Waals surface area (Å²) in [6.45, 7) is 12.5. The van der Waals surface area contributed by atoms with Crippen molar-refractivity contribution in [2.24, 2.45) is 10.8 Å². The molecule has 0 spiro atoms. The topological polar surface area (TPSA) is 50.2 Å². The van der Waals surface area contributed by atoms with E-state index in [9.17, 15) is 4.79 Å². The largest absolute Gasteiger partial charge is 0.512 e. The number of ketones is 1. The number of carbonyl (C=O) groups excluding carboxylic acids is 1. The molecule has 4 aromatic rings. The van der Waals surface area contributed by atoms with Gasteiger partial charge in [0, 0.05) is 52.9 Å². The fourth-order valence-electron chi connectivity index (χ4n) is 4.70. The Labute approximate surface area is 225 Å². The number of aliphatic hydroxyl groups excluding tert-OH is 1. The second-order valence-corrected chi connectivity index (χ2v) is 11.6. The standard InChI is InChI=1S/C25H24NS.C5H8O2.Ir/c1-24(2)14-17-10-11-20-21(19(17)15-25(24,3)4)18-12-13-26-22(23(18)27-20)16-8-6-5-7-9-16;1-4(6)3-5(2)7;/h5-8,10-13H,14-15H2,1-4H3;3,6H,1-2H3;/q-1;;/b;4-3-;. The SMILES string of the molecule is CC(=O)/C=C(/C)O.CC1(C)Cc2ccc3sc4c(-c5[c-]cccc5)nccc4c3c2CC1(C)C.[Ir]. The van der Waals surface area contributed by atoms with E-state index < -0.39 is 0 Å². The maximum Gasteiger partial charge on any atom is 0.155 e. The predicted molar refractivity (Wildman–Crippen MR) is 143 cm³/mol. The predicted octanol–water partition coefficient (Wildman–Crippen LogP) is 8.10. The molecular weight excluding hydrogens is 631 g/mol. The maximum absolute atomic E-state index is 10.0. The summed E-state index contributed by atoms with van der Waals surface area (Å²) in [5.41, 5.74) is 5.80. The average Bonchev–Trinajstić information content (AvgIpc) is 3.13. The van der Waals surface area contributed by atoms with E-state index in [1.54, 1.807) is 5.56 Å². The summed E-state index contributed by atoms with van der Waals surface area (Å²) in [6, 6.07) is 18.4. The van der Waals surface area contributed by atoms with Gasteiger partial charge in [0.05, 0.1) is 5.76 Å². The third-order valence-corrected chi connectivity index (χ3v) is 8.39. The van der Waals surface area contributed by atoms with Gasteiger partial charge in [0.1, 0.15) is 0 Å². The van der Waals surface area contributed by atoms with Crippen LogP contribution in [0.25, 0.3) is 31.4 Å². The minimum absolute atomic E-state index is 0. The Morgan fingerprint density at radius 3 is 2.37 bits per heavy atom. The third kappa shape index (κ3) is 5.43. The van der Waals surface area contributed by atoms with Crippen molar-refractivity contribution in [3.63, 3.8) is 0 Å². The van der Waals surface area contributed by atoms with E-state index in [1.165, 1.54) is 45.7 Å². The van der Waals surface area contributed by atoms with E-state index in [0.29, 0.717) is 5.41 Å². The Balaban J connectivity index is 0.000000378. The van der Waals surface area contributed by atoms with Crippen LogP contribution >= 0.6 is 11.3 Å². The number of allylic oxidation sites excluding steroid dienone is 2. The minimum Gasteiger partial charge on any atom is -0.512 e. The summed E-state index contributed by atoms with van der Waals surface area (Å²) < 4.78 is 2.66. The number of carbonyl (C=O) groups is 1. The Morgan fingerprint density at radius 1 is 1.06 bits per heavy atom. The van der Waals surface area contributed by atoms with Crippen molar-refractivity contribution in [3.8, 4) is 11.3 Å². The zero-order valence-electron chi connectivity index (χ0n) is 21.2. The van der Waals surface area contributed by atoms with Gasteiger partial charge in [-0.15, -0.1) is 47.2 Å². The summed E-state index contributed by atoms with van der Waals surface area (Å²) in [5, 5.41) is 11.2. The van der Waals surface area contributed by atoms with Gasteiger partial charge in [-0.1, -0.05) is 33.8 Å². The maximum atomic E-state index is 10.0. The fourth-order valence-corrected chi connectivity index (χ4v) is 5.93. The van der Waals surface area contributed by atoms with E-state index in [-0.39, 0.29) is 37.1 Å². The molecule has 2 aromatic heterocycles. The first kappa shape index (κ1) is 27.3. The number of fused-ring (bicyclic) bond motifs is 5. The monoisotopic (exact) mass is 663 g/mol. The van der Waals surface area contributed by atoms with E-state index in [0.717, 1.165) is 24.1 Å². The number of nitrogens with zero attached hydrogens (tertiary/aromatic N) is 1. The van der Waals surface area contributed by atoms with E-state index >= 15 is 0 Å². The normalized spacial score (nSPS) is 16.1. The van der Waals surface area contributed by atoms with Gasteiger partial charge in [0.15, 0.2) is 5.78 Å². The van der Waals surface area contributed by atoms with Crippen LogP contribution in [0.15, 0.2) is 60.5 Å². The second-order valence-electron chi connectivity index (χ2n) is 10.5. The number of aliphatic hydroxyl groups is 1. The summed E-state index contributed by atoms with van der Waals surface area (Å²) in [4.78, 5) is 14.7. The van der Waals surface area contributed by atoms with Crippen LogP contribution in [0.5, 0.6) is 0 Å². The zero-order valence-corrected chi connectivity index (χ0v) is 24.4. The van der Waals surface area contributed by atoms with Gasteiger partial charge in [-0.05, 0) is 66.2 Å². The molecule has 2 aromatic carbocycles. The van der Waals surface area contributed by atoms with E-state index in [4.69, 9.17) is 10.1 Å². The molecule has 0 fully saturated rings. The Kier molecular flexibility index (Phi) is 8.05. The third-order valence-electron chi connectivity index (χ3n) is 7.22. The molecule has 0 atom stereocenters. The van der Waals surface area contributed by atoms with Crippen LogP contribution in [0.3, 0.4) is 0 Å². The molecule has 1 aliphatic rings. The number of thiophene rings is 1. The molecule has 0 bridgehead atoms. The minimum atomic E-state index is -0.125. The smallest absolute Gasteiger partial charge is 0.155 e. The molecule has 0 aliphatic heterocycles. The number of rotatable bonds is 2. The molecular formula is C30H32IrNO2S-. The van der Waals surface area contributed by atoms with Gasteiger partial charge in [-0.3, -0.25) is 4.79 Å². The number of hydrogen-bond donors (Lipinski definition) is 1. The molecule has 35 heavy (non-hydrogen) atoms. The summed E-state index contributed by atoms with van der Waals surface area (Å²) in [6.07, 6.45) is 5.41. The van der Waals surface area contributed by atoms with Gasteiger partial charge in [-0.25, -0.2) is 0 Å². The Bertz CT molecular complexity index is 1400. The summed E-state index contributed by atoms with van der Waals surface area (Å²) >= 11 is 1.87. The molecule has 1 radical (unpaired) electrons. The molecule has 0 unspecified atom stereocenters. The number of hydrogen-bond acceptors (Lipinski definition) is 4. The molecule has 3 nitrogen and oxygen atoms in total. The van der Waals surface area contributed by atoms with Gasteiger partial charge in [0.25, 0.3) is 0 Å². The van der Waals surface area contributed by atoms with Gasteiger partial charge in [-0.2, -0.15) is 0 Å². The molecule has 185 valence electrons. The van der Waals surface area contributed by atoms with Gasteiger partial charge in [0.2, 0.25) is 0 Å². The van der Waals surface area contributed by atoms with Crippen molar-refractivity contribution in [3.05, 3.63) is 77.7 Å². The Hall–Kier alpha value is -2.33. The van der Waals surface area contributed by atoms with Crippen LogP contribution in [0.1, 0.15) is 52.7 Å². The van der Waals surface area contributed by atoms with Crippen molar-refractivity contribution < 1.29 is 30.0 Å². The molecule has 5 heteroatoms. The number of pyridine rings is 1.